The number of carbonyl (C=O) groups is 2. The quantitative estimate of drug-likeness (QED) is 0.864. The monoisotopic (exact) mass is 363 g/mol. The number of thiophene rings is 1. The van der Waals surface area contributed by atoms with Gasteiger partial charge in [0.25, 0.3) is 5.91 Å². The molecule has 1 aromatic heterocycles. The van der Waals surface area contributed by atoms with Crippen LogP contribution in [0.4, 0.5) is 5.00 Å². The van der Waals surface area contributed by atoms with Gasteiger partial charge in [-0.3, -0.25) is 14.5 Å². The van der Waals surface area contributed by atoms with Gasteiger partial charge in [0.05, 0.1) is 12.1 Å². The van der Waals surface area contributed by atoms with E-state index in [2.05, 4.69) is 31.0 Å². The van der Waals surface area contributed by atoms with Gasteiger partial charge in [0.1, 0.15) is 5.00 Å². The first-order valence-electron chi connectivity index (χ1n) is 9.30. The average molecular weight is 364 g/mol. The van der Waals surface area contributed by atoms with Crippen molar-refractivity contribution in [2.24, 2.45) is 23.5 Å². The highest BCUT2D eigenvalue weighted by Gasteiger charge is 2.28. The Kier molecular flexibility index (Phi) is 5.49. The number of anilines is 1. The lowest BCUT2D eigenvalue weighted by atomic mass is 9.88. The van der Waals surface area contributed by atoms with E-state index in [0.29, 0.717) is 34.9 Å². The molecule has 5 nitrogen and oxygen atoms in total. The van der Waals surface area contributed by atoms with Gasteiger partial charge in [-0.25, -0.2) is 0 Å². The van der Waals surface area contributed by atoms with Crippen LogP contribution < -0.4 is 11.1 Å². The van der Waals surface area contributed by atoms with E-state index in [4.69, 9.17) is 5.73 Å². The number of hydrogen-bond donors (Lipinski definition) is 2. The molecule has 2 amide bonds. The standard InChI is InChI=1S/C19H29N3O2S/c1-11-4-5-14-15(7-11)25-19(17(14)18(20)24)21-16(23)10-22-8-12(2)6-13(3)9-22/h11-13H,4-10H2,1-3H3,(H2,20,24)(H,21,23). The van der Waals surface area contributed by atoms with Gasteiger partial charge in [-0.15, -0.1) is 11.3 Å². The Morgan fingerprint density at radius 2 is 1.88 bits per heavy atom. The molecule has 0 radical (unpaired) electrons. The average Bonchev–Trinajstić information content (AvgIpc) is 2.82. The molecule has 3 atom stereocenters. The van der Waals surface area contributed by atoms with E-state index in [9.17, 15) is 9.59 Å². The maximum Gasteiger partial charge on any atom is 0.251 e. The van der Waals surface area contributed by atoms with Crippen LogP contribution in [-0.2, 0) is 17.6 Å². The molecule has 1 aliphatic heterocycles. The van der Waals surface area contributed by atoms with Gasteiger partial charge in [0, 0.05) is 18.0 Å². The number of nitrogens with zero attached hydrogens (tertiary/aromatic N) is 1. The zero-order valence-electron chi connectivity index (χ0n) is 15.4. The number of piperidine rings is 1. The van der Waals surface area contributed by atoms with Crippen molar-refractivity contribution in [2.45, 2.75) is 46.5 Å². The second-order valence-electron chi connectivity index (χ2n) is 8.11. The Morgan fingerprint density at radius 1 is 1.20 bits per heavy atom. The second-order valence-corrected chi connectivity index (χ2v) is 9.21. The van der Waals surface area contributed by atoms with Crippen molar-refractivity contribution in [3.05, 3.63) is 16.0 Å². The summed E-state index contributed by atoms with van der Waals surface area (Å²) < 4.78 is 0. The van der Waals surface area contributed by atoms with Crippen LogP contribution in [0.1, 0.15) is 54.4 Å². The number of carbonyl (C=O) groups excluding carboxylic acids is 2. The van der Waals surface area contributed by atoms with Gasteiger partial charge in [0.15, 0.2) is 0 Å². The van der Waals surface area contributed by atoms with Crippen molar-refractivity contribution >= 4 is 28.2 Å². The predicted molar refractivity (Wildman–Crippen MR) is 102 cm³/mol. The number of amides is 2. The lowest BCUT2D eigenvalue weighted by Gasteiger charge is -2.34. The first-order valence-corrected chi connectivity index (χ1v) is 10.1. The largest absolute Gasteiger partial charge is 0.365 e. The van der Waals surface area contributed by atoms with E-state index in [0.717, 1.165) is 37.9 Å². The minimum atomic E-state index is -0.428. The molecular weight excluding hydrogens is 334 g/mol. The highest BCUT2D eigenvalue weighted by molar-refractivity contribution is 7.17. The zero-order chi connectivity index (χ0) is 18.1. The summed E-state index contributed by atoms with van der Waals surface area (Å²) in [6, 6.07) is 0. The summed E-state index contributed by atoms with van der Waals surface area (Å²) in [6.45, 7) is 8.99. The Hall–Kier alpha value is -1.40. The third kappa shape index (κ3) is 4.23. The van der Waals surface area contributed by atoms with Crippen LogP contribution in [0.25, 0.3) is 0 Å². The summed E-state index contributed by atoms with van der Waals surface area (Å²) in [5, 5.41) is 3.63. The van der Waals surface area contributed by atoms with Crippen molar-refractivity contribution in [3.8, 4) is 0 Å². The highest BCUT2D eigenvalue weighted by atomic mass is 32.1. The third-order valence-electron chi connectivity index (χ3n) is 5.32. The molecule has 0 spiro atoms. The van der Waals surface area contributed by atoms with E-state index < -0.39 is 5.91 Å². The van der Waals surface area contributed by atoms with Crippen molar-refractivity contribution in [3.63, 3.8) is 0 Å². The first-order chi connectivity index (χ1) is 11.8. The predicted octanol–water partition coefficient (Wildman–Crippen LogP) is 2.89. The number of likely N-dealkylation sites (tertiary alicyclic amines) is 1. The number of rotatable bonds is 4. The van der Waals surface area contributed by atoms with Crippen LogP contribution in [0.2, 0.25) is 0 Å². The lowest BCUT2D eigenvalue weighted by Crippen LogP contribution is -2.42. The molecular formula is C19H29N3O2S. The second kappa shape index (κ2) is 7.46. The summed E-state index contributed by atoms with van der Waals surface area (Å²) in [5.41, 5.74) is 7.22. The van der Waals surface area contributed by atoms with Crippen LogP contribution in [-0.4, -0.2) is 36.3 Å². The number of nitrogens with two attached hydrogens (primary N) is 1. The molecule has 25 heavy (non-hydrogen) atoms. The van der Waals surface area contributed by atoms with E-state index in [1.54, 1.807) is 0 Å². The highest BCUT2D eigenvalue weighted by Crippen LogP contribution is 2.39. The Balaban J connectivity index is 1.72. The van der Waals surface area contributed by atoms with Gasteiger partial charge >= 0.3 is 0 Å². The minimum absolute atomic E-state index is 0.0459. The first kappa shape index (κ1) is 18.4. The molecule has 6 heteroatoms. The molecule has 3 rings (SSSR count). The number of hydrogen-bond acceptors (Lipinski definition) is 4. The minimum Gasteiger partial charge on any atom is -0.365 e. The Labute approximate surface area is 154 Å². The lowest BCUT2D eigenvalue weighted by molar-refractivity contribution is -0.117. The fourth-order valence-corrected chi connectivity index (χ4v) is 5.82. The summed E-state index contributed by atoms with van der Waals surface area (Å²) in [6.07, 6.45) is 4.14. The zero-order valence-corrected chi connectivity index (χ0v) is 16.2. The molecule has 1 aliphatic carbocycles. The third-order valence-corrected chi connectivity index (χ3v) is 6.49. The molecule has 1 aromatic rings. The van der Waals surface area contributed by atoms with Crippen LogP contribution in [0.3, 0.4) is 0 Å². The summed E-state index contributed by atoms with van der Waals surface area (Å²) >= 11 is 1.53. The van der Waals surface area contributed by atoms with Gasteiger partial charge in [-0.1, -0.05) is 20.8 Å². The van der Waals surface area contributed by atoms with E-state index in [1.807, 2.05) is 0 Å². The topological polar surface area (TPSA) is 75.4 Å². The smallest absolute Gasteiger partial charge is 0.251 e. The maximum absolute atomic E-state index is 12.5. The van der Waals surface area contributed by atoms with E-state index in [-0.39, 0.29) is 5.91 Å². The molecule has 0 bridgehead atoms. The Bertz CT molecular complexity index is 660. The maximum atomic E-state index is 12.5. The summed E-state index contributed by atoms with van der Waals surface area (Å²) in [4.78, 5) is 27.9. The normalized spacial score (nSPS) is 26.9. The molecule has 2 heterocycles. The molecule has 1 fully saturated rings. The summed E-state index contributed by atoms with van der Waals surface area (Å²) in [7, 11) is 0. The fraction of sp³-hybridized carbons (Fsp3) is 0.684. The van der Waals surface area contributed by atoms with Gasteiger partial charge in [-0.2, -0.15) is 0 Å². The molecule has 2 aliphatic rings. The van der Waals surface area contributed by atoms with E-state index in [1.165, 1.54) is 22.6 Å². The van der Waals surface area contributed by atoms with Crippen molar-refractivity contribution < 1.29 is 9.59 Å². The van der Waals surface area contributed by atoms with Crippen LogP contribution in [0.5, 0.6) is 0 Å². The van der Waals surface area contributed by atoms with Gasteiger partial charge in [-0.05, 0) is 49.0 Å². The van der Waals surface area contributed by atoms with E-state index >= 15 is 0 Å². The van der Waals surface area contributed by atoms with Crippen molar-refractivity contribution in [2.75, 3.05) is 25.0 Å². The molecule has 138 valence electrons. The van der Waals surface area contributed by atoms with Gasteiger partial charge < -0.3 is 11.1 Å². The van der Waals surface area contributed by atoms with Crippen molar-refractivity contribution in [1.82, 2.24) is 4.90 Å². The van der Waals surface area contributed by atoms with Crippen LogP contribution >= 0.6 is 11.3 Å². The molecule has 3 N–H and O–H groups in total. The number of fused-ring (bicyclic) bond motifs is 1. The number of primary amides is 1. The van der Waals surface area contributed by atoms with Gasteiger partial charge in [0.2, 0.25) is 5.91 Å². The van der Waals surface area contributed by atoms with Crippen molar-refractivity contribution in [1.29, 1.82) is 0 Å². The SMILES string of the molecule is CC1CCc2c(sc(NC(=O)CN3CC(C)CC(C)C3)c2C(N)=O)C1. The summed E-state index contributed by atoms with van der Waals surface area (Å²) in [5.74, 6) is 1.38. The molecule has 3 unspecified atom stereocenters. The number of nitrogens with one attached hydrogen (secondary N) is 1. The molecule has 1 saturated heterocycles. The molecule has 0 saturated carbocycles. The van der Waals surface area contributed by atoms with Crippen LogP contribution in [0.15, 0.2) is 0 Å². The fourth-order valence-electron chi connectivity index (χ4n) is 4.39. The Morgan fingerprint density at radius 3 is 2.52 bits per heavy atom. The van der Waals surface area contributed by atoms with Crippen LogP contribution in [0, 0.1) is 17.8 Å². The molecule has 0 aromatic carbocycles.